The van der Waals surface area contributed by atoms with Crippen LogP contribution in [0.3, 0.4) is 0 Å². The molecule has 0 unspecified atom stereocenters. The quantitative estimate of drug-likeness (QED) is 0.732. The number of aromatic nitrogens is 2. The van der Waals surface area contributed by atoms with Crippen LogP contribution >= 0.6 is 0 Å². The van der Waals surface area contributed by atoms with Crippen molar-refractivity contribution >= 4 is 28.1 Å². The van der Waals surface area contributed by atoms with Gasteiger partial charge in [0.05, 0.1) is 23.1 Å². The molecule has 0 aliphatic carbocycles. The third-order valence-electron chi connectivity index (χ3n) is 2.99. The van der Waals surface area contributed by atoms with E-state index in [-0.39, 0.29) is 0 Å². The average molecular weight is 250 g/mol. The van der Waals surface area contributed by atoms with Gasteiger partial charge in [0, 0.05) is 11.6 Å². The third kappa shape index (κ3) is 2.20. The first-order valence-corrected chi connectivity index (χ1v) is 6.07. The number of hydrogen-bond acceptors (Lipinski definition) is 4. The van der Waals surface area contributed by atoms with Crippen molar-refractivity contribution in [3.63, 3.8) is 0 Å². The van der Waals surface area contributed by atoms with Gasteiger partial charge in [0.1, 0.15) is 5.82 Å². The highest BCUT2D eigenvalue weighted by molar-refractivity contribution is 5.91. The monoisotopic (exact) mass is 250 g/mol. The highest BCUT2D eigenvalue weighted by atomic mass is 15.0. The van der Waals surface area contributed by atoms with E-state index in [0.29, 0.717) is 5.69 Å². The van der Waals surface area contributed by atoms with E-state index in [0.717, 1.165) is 28.0 Å². The van der Waals surface area contributed by atoms with Crippen LogP contribution in [-0.2, 0) is 0 Å². The Bertz CT molecular complexity index is 732. The molecule has 94 valence electrons. The maximum absolute atomic E-state index is 5.71. The van der Waals surface area contributed by atoms with Gasteiger partial charge in [-0.05, 0) is 30.7 Å². The summed E-state index contributed by atoms with van der Waals surface area (Å²) >= 11 is 0. The summed E-state index contributed by atoms with van der Waals surface area (Å²) < 4.78 is 0. The molecule has 3 N–H and O–H groups in total. The lowest BCUT2D eigenvalue weighted by atomic mass is 10.2. The summed E-state index contributed by atoms with van der Waals surface area (Å²) in [7, 11) is 0. The van der Waals surface area contributed by atoms with Gasteiger partial charge in [-0.25, -0.2) is 4.98 Å². The number of benzene rings is 1. The second-order valence-electron chi connectivity index (χ2n) is 4.44. The molecule has 0 fully saturated rings. The van der Waals surface area contributed by atoms with Gasteiger partial charge in [-0.1, -0.05) is 18.2 Å². The van der Waals surface area contributed by atoms with Crippen molar-refractivity contribution in [2.75, 3.05) is 11.1 Å². The minimum absolute atomic E-state index is 0.666. The van der Waals surface area contributed by atoms with Crippen molar-refractivity contribution in [1.82, 2.24) is 9.97 Å². The molecular weight excluding hydrogens is 236 g/mol. The van der Waals surface area contributed by atoms with E-state index in [1.54, 1.807) is 12.4 Å². The molecule has 4 nitrogen and oxygen atoms in total. The number of hydrogen-bond donors (Lipinski definition) is 2. The number of nitrogens with zero attached hydrogens (tertiary/aromatic N) is 2. The van der Waals surface area contributed by atoms with Crippen molar-refractivity contribution in [3.8, 4) is 0 Å². The van der Waals surface area contributed by atoms with Crippen LogP contribution in [0.15, 0.2) is 48.8 Å². The van der Waals surface area contributed by atoms with Crippen molar-refractivity contribution in [3.05, 3.63) is 54.4 Å². The van der Waals surface area contributed by atoms with Gasteiger partial charge in [-0.15, -0.1) is 0 Å². The molecular formula is C15H14N4. The normalized spacial score (nSPS) is 10.6. The van der Waals surface area contributed by atoms with Crippen LogP contribution < -0.4 is 11.1 Å². The molecule has 3 aromatic rings. The zero-order valence-corrected chi connectivity index (χ0v) is 10.6. The van der Waals surface area contributed by atoms with Gasteiger partial charge in [-0.2, -0.15) is 0 Å². The number of aryl methyl sites for hydroxylation is 1. The second-order valence-corrected chi connectivity index (χ2v) is 4.44. The van der Waals surface area contributed by atoms with E-state index in [2.05, 4.69) is 15.3 Å². The highest BCUT2D eigenvalue weighted by Crippen LogP contribution is 2.25. The summed E-state index contributed by atoms with van der Waals surface area (Å²) in [5.74, 6) is 0.798. The van der Waals surface area contributed by atoms with E-state index < -0.39 is 0 Å². The number of para-hydroxylation sites is 1. The van der Waals surface area contributed by atoms with Crippen LogP contribution in [0.2, 0.25) is 0 Å². The van der Waals surface area contributed by atoms with Gasteiger partial charge in [0.15, 0.2) is 0 Å². The molecule has 0 saturated heterocycles. The molecule has 0 amide bonds. The van der Waals surface area contributed by atoms with Crippen molar-refractivity contribution in [2.24, 2.45) is 0 Å². The second kappa shape index (κ2) is 4.57. The third-order valence-corrected chi connectivity index (χ3v) is 2.99. The lowest BCUT2D eigenvalue weighted by Crippen LogP contribution is -1.99. The molecule has 0 aliphatic rings. The average Bonchev–Trinajstić information content (AvgIpc) is 2.42. The fourth-order valence-corrected chi connectivity index (χ4v) is 2.06. The maximum Gasteiger partial charge on any atom is 0.133 e. The van der Waals surface area contributed by atoms with Crippen LogP contribution in [0.4, 0.5) is 17.2 Å². The summed E-state index contributed by atoms with van der Waals surface area (Å²) in [4.78, 5) is 8.73. The van der Waals surface area contributed by atoms with E-state index in [4.69, 9.17) is 5.73 Å². The van der Waals surface area contributed by atoms with Crippen LogP contribution in [-0.4, -0.2) is 9.97 Å². The predicted molar refractivity (Wildman–Crippen MR) is 78.4 cm³/mol. The molecule has 2 heterocycles. The maximum atomic E-state index is 5.71. The largest absolute Gasteiger partial charge is 0.397 e. The molecule has 1 aromatic carbocycles. The molecule has 0 radical (unpaired) electrons. The number of nitrogens with one attached hydrogen (secondary N) is 1. The predicted octanol–water partition coefficient (Wildman–Crippen LogP) is 3.26. The van der Waals surface area contributed by atoms with Gasteiger partial charge in [0.2, 0.25) is 0 Å². The minimum Gasteiger partial charge on any atom is -0.397 e. The van der Waals surface area contributed by atoms with E-state index in [1.807, 2.05) is 43.3 Å². The van der Waals surface area contributed by atoms with Crippen molar-refractivity contribution in [2.45, 2.75) is 6.92 Å². The molecule has 4 heteroatoms. The highest BCUT2D eigenvalue weighted by Gasteiger charge is 2.05. The Balaban J connectivity index is 2.06. The fraction of sp³-hybridized carbons (Fsp3) is 0.0667. The smallest absolute Gasteiger partial charge is 0.133 e. The van der Waals surface area contributed by atoms with E-state index >= 15 is 0 Å². The van der Waals surface area contributed by atoms with Crippen molar-refractivity contribution in [1.29, 1.82) is 0 Å². The Kier molecular flexibility index (Phi) is 2.76. The molecule has 0 atom stereocenters. The zero-order valence-electron chi connectivity index (χ0n) is 10.6. The fourth-order valence-electron chi connectivity index (χ4n) is 2.06. The first kappa shape index (κ1) is 11.5. The summed E-state index contributed by atoms with van der Waals surface area (Å²) in [5.41, 5.74) is 9.26. The lowest BCUT2D eigenvalue weighted by molar-refractivity contribution is 1.26. The standard InChI is InChI=1S/C15H14N4/c1-10-8-12(16)9-18-15(10)19-13-6-2-4-11-5-3-7-17-14(11)13/h2-9H,16H2,1H3,(H,18,19). The van der Waals surface area contributed by atoms with Crippen molar-refractivity contribution < 1.29 is 0 Å². The molecule has 19 heavy (non-hydrogen) atoms. The minimum atomic E-state index is 0.666. The topological polar surface area (TPSA) is 63.8 Å². The number of anilines is 3. The van der Waals surface area contributed by atoms with Gasteiger partial charge in [0.25, 0.3) is 0 Å². The van der Waals surface area contributed by atoms with Crippen LogP contribution in [0, 0.1) is 6.92 Å². The Morgan fingerprint density at radius 3 is 2.79 bits per heavy atom. The number of rotatable bonds is 2. The number of fused-ring (bicyclic) bond motifs is 1. The van der Waals surface area contributed by atoms with E-state index in [1.165, 1.54) is 0 Å². The summed E-state index contributed by atoms with van der Waals surface area (Å²) in [6.07, 6.45) is 3.44. The number of nitrogen functional groups attached to an aromatic ring is 1. The molecule has 2 aromatic heterocycles. The summed E-state index contributed by atoms with van der Waals surface area (Å²) in [5, 5.41) is 4.41. The SMILES string of the molecule is Cc1cc(N)cnc1Nc1cccc2cccnc12. The zero-order chi connectivity index (χ0) is 13.2. The van der Waals surface area contributed by atoms with Gasteiger partial charge < -0.3 is 11.1 Å². The Morgan fingerprint density at radius 1 is 1.11 bits per heavy atom. The number of nitrogens with two attached hydrogens (primary N) is 1. The number of pyridine rings is 2. The Hall–Kier alpha value is -2.62. The first-order valence-electron chi connectivity index (χ1n) is 6.07. The molecule has 3 rings (SSSR count). The van der Waals surface area contributed by atoms with Crippen LogP contribution in [0.5, 0.6) is 0 Å². The summed E-state index contributed by atoms with van der Waals surface area (Å²) in [6.45, 7) is 1.98. The Labute approximate surface area is 111 Å². The molecule has 0 bridgehead atoms. The van der Waals surface area contributed by atoms with Crippen LogP contribution in [0.25, 0.3) is 10.9 Å². The lowest BCUT2D eigenvalue weighted by Gasteiger charge is -2.10. The summed E-state index contributed by atoms with van der Waals surface area (Å²) in [6, 6.07) is 11.9. The van der Waals surface area contributed by atoms with Gasteiger partial charge in [-0.3, -0.25) is 4.98 Å². The first-order chi connectivity index (χ1) is 9.24. The van der Waals surface area contributed by atoms with Gasteiger partial charge >= 0.3 is 0 Å². The molecule has 0 saturated carbocycles. The molecule has 0 spiro atoms. The van der Waals surface area contributed by atoms with Crippen LogP contribution in [0.1, 0.15) is 5.56 Å². The molecule has 0 aliphatic heterocycles. The Morgan fingerprint density at radius 2 is 1.95 bits per heavy atom. The van der Waals surface area contributed by atoms with E-state index in [9.17, 15) is 0 Å².